The van der Waals surface area contributed by atoms with Crippen molar-refractivity contribution in [1.82, 2.24) is 9.36 Å². The van der Waals surface area contributed by atoms with E-state index in [2.05, 4.69) is 11.6 Å². The molecule has 2 aromatic carbocycles. The molecule has 0 saturated heterocycles. The van der Waals surface area contributed by atoms with E-state index in [9.17, 15) is 4.79 Å². The molecule has 0 radical (unpaired) electrons. The molecule has 0 saturated carbocycles. The fourth-order valence-electron chi connectivity index (χ4n) is 2.87. The van der Waals surface area contributed by atoms with E-state index < -0.39 is 0 Å². The topological polar surface area (TPSA) is 57.8 Å². The maximum absolute atomic E-state index is 12.9. The van der Waals surface area contributed by atoms with Crippen LogP contribution in [0.25, 0.3) is 5.69 Å². The monoisotopic (exact) mass is 377 g/mol. The van der Waals surface area contributed by atoms with E-state index in [1.165, 1.54) is 0 Å². The quantitative estimate of drug-likeness (QED) is 0.465. The van der Waals surface area contributed by atoms with Crippen molar-refractivity contribution in [3.05, 3.63) is 82.8 Å². The van der Waals surface area contributed by atoms with E-state index >= 15 is 0 Å². The van der Waals surface area contributed by atoms with Gasteiger partial charge in [0.25, 0.3) is 5.56 Å². The predicted octanol–water partition coefficient (Wildman–Crippen LogP) is 3.81. The molecule has 3 aromatic rings. The summed E-state index contributed by atoms with van der Waals surface area (Å²) in [5, 5.41) is 0. The molecule has 144 valence electrons. The zero-order valence-electron chi connectivity index (χ0n) is 16.3. The van der Waals surface area contributed by atoms with Gasteiger partial charge in [0.15, 0.2) is 17.2 Å². The van der Waals surface area contributed by atoms with Crippen molar-refractivity contribution in [2.45, 2.75) is 6.92 Å². The minimum atomic E-state index is -0.166. The van der Waals surface area contributed by atoms with Crippen molar-refractivity contribution in [2.24, 2.45) is 12.0 Å². The molecule has 0 spiro atoms. The van der Waals surface area contributed by atoms with Gasteiger partial charge in [-0.05, 0) is 42.8 Å². The number of methoxy groups -OCH3 is 1. The fourth-order valence-corrected chi connectivity index (χ4v) is 2.87. The molecular formula is C22H23N3O3. The molecule has 3 rings (SSSR count). The Morgan fingerprint density at radius 1 is 1.14 bits per heavy atom. The van der Waals surface area contributed by atoms with E-state index in [1.807, 2.05) is 62.5 Å². The number of hydrogen-bond acceptors (Lipinski definition) is 4. The van der Waals surface area contributed by atoms with E-state index in [4.69, 9.17) is 9.47 Å². The summed E-state index contributed by atoms with van der Waals surface area (Å²) >= 11 is 0. The summed E-state index contributed by atoms with van der Waals surface area (Å²) in [5.41, 5.74) is 2.61. The fraction of sp³-hybridized carbons (Fsp3) is 0.182. The highest BCUT2D eigenvalue weighted by Crippen LogP contribution is 2.28. The number of ether oxygens (including phenoxy) is 2. The second kappa shape index (κ2) is 8.43. The predicted molar refractivity (Wildman–Crippen MR) is 112 cm³/mol. The van der Waals surface area contributed by atoms with Gasteiger partial charge in [0.2, 0.25) is 0 Å². The van der Waals surface area contributed by atoms with Crippen LogP contribution >= 0.6 is 0 Å². The maximum Gasteiger partial charge on any atom is 0.297 e. The van der Waals surface area contributed by atoms with Gasteiger partial charge in [0.1, 0.15) is 6.61 Å². The molecule has 6 nitrogen and oxygen atoms in total. The van der Waals surface area contributed by atoms with Crippen molar-refractivity contribution < 1.29 is 9.47 Å². The second-order valence-electron chi connectivity index (χ2n) is 6.18. The smallest absolute Gasteiger partial charge is 0.297 e. The zero-order chi connectivity index (χ0) is 20.1. The van der Waals surface area contributed by atoms with E-state index in [0.717, 1.165) is 16.9 Å². The van der Waals surface area contributed by atoms with Gasteiger partial charge in [-0.3, -0.25) is 9.48 Å². The summed E-state index contributed by atoms with van der Waals surface area (Å²) in [7, 11) is 3.43. The van der Waals surface area contributed by atoms with E-state index in [1.54, 1.807) is 28.8 Å². The Morgan fingerprint density at radius 2 is 1.89 bits per heavy atom. The third-order valence-corrected chi connectivity index (χ3v) is 4.41. The lowest BCUT2D eigenvalue weighted by Crippen LogP contribution is -2.19. The Hall–Kier alpha value is -3.54. The lowest BCUT2D eigenvalue weighted by molar-refractivity contribution is 0.326. The lowest BCUT2D eigenvalue weighted by Gasteiger charge is -2.09. The van der Waals surface area contributed by atoms with Crippen LogP contribution in [-0.4, -0.2) is 29.3 Å². The van der Waals surface area contributed by atoms with Crippen LogP contribution in [0.15, 0.2) is 71.0 Å². The highest BCUT2D eigenvalue weighted by molar-refractivity contribution is 5.83. The molecule has 0 bridgehead atoms. The van der Waals surface area contributed by atoms with Crippen LogP contribution in [-0.2, 0) is 7.05 Å². The van der Waals surface area contributed by atoms with Gasteiger partial charge < -0.3 is 9.47 Å². The summed E-state index contributed by atoms with van der Waals surface area (Å²) in [4.78, 5) is 17.4. The average molecular weight is 377 g/mol. The van der Waals surface area contributed by atoms with Gasteiger partial charge in [0.05, 0.1) is 18.5 Å². The van der Waals surface area contributed by atoms with Crippen LogP contribution in [0.1, 0.15) is 11.3 Å². The first kappa shape index (κ1) is 19.2. The molecule has 0 N–H and O–H groups in total. The normalized spacial score (nSPS) is 11.0. The second-order valence-corrected chi connectivity index (χ2v) is 6.18. The van der Waals surface area contributed by atoms with Crippen molar-refractivity contribution in [3.8, 4) is 17.2 Å². The van der Waals surface area contributed by atoms with Crippen molar-refractivity contribution in [3.63, 3.8) is 0 Å². The minimum Gasteiger partial charge on any atom is -0.493 e. The summed E-state index contributed by atoms with van der Waals surface area (Å²) in [6.45, 7) is 5.91. The van der Waals surface area contributed by atoms with Crippen LogP contribution in [0, 0.1) is 6.92 Å². The van der Waals surface area contributed by atoms with Gasteiger partial charge in [-0.2, -0.15) is 0 Å². The molecule has 28 heavy (non-hydrogen) atoms. The van der Waals surface area contributed by atoms with Crippen molar-refractivity contribution in [1.29, 1.82) is 0 Å². The molecule has 1 aromatic heterocycles. The Bertz CT molecular complexity index is 1060. The van der Waals surface area contributed by atoms with Crippen molar-refractivity contribution in [2.75, 3.05) is 13.7 Å². The molecule has 6 heteroatoms. The molecule has 1 heterocycles. The van der Waals surface area contributed by atoms with Crippen LogP contribution in [0.2, 0.25) is 0 Å². The summed E-state index contributed by atoms with van der Waals surface area (Å²) < 4.78 is 14.3. The molecular weight excluding hydrogens is 354 g/mol. The van der Waals surface area contributed by atoms with Crippen LogP contribution in [0.5, 0.6) is 11.5 Å². The van der Waals surface area contributed by atoms with Gasteiger partial charge >= 0.3 is 0 Å². The molecule has 0 amide bonds. The van der Waals surface area contributed by atoms with Crippen LogP contribution < -0.4 is 15.0 Å². The first-order chi connectivity index (χ1) is 13.6. The zero-order valence-corrected chi connectivity index (χ0v) is 16.3. The number of nitrogens with zero attached hydrogens (tertiary/aromatic N) is 3. The number of benzene rings is 2. The first-order valence-corrected chi connectivity index (χ1v) is 8.86. The molecule has 0 unspecified atom stereocenters. The Labute approximate surface area is 164 Å². The highest BCUT2D eigenvalue weighted by atomic mass is 16.5. The highest BCUT2D eigenvalue weighted by Gasteiger charge is 2.15. The third kappa shape index (κ3) is 3.76. The lowest BCUT2D eigenvalue weighted by atomic mass is 10.2. The molecule has 0 aliphatic heterocycles. The van der Waals surface area contributed by atoms with E-state index in [0.29, 0.717) is 23.8 Å². The Balaban J connectivity index is 1.95. The van der Waals surface area contributed by atoms with Gasteiger partial charge in [-0.1, -0.05) is 30.9 Å². The van der Waals surface area contributed by atoms with Crippen LogP contribution in [0.4, 0.5) is 5.69 Å². The summed E-state index contributed by atoms with van der Waals surface area (Å²) in [6, 6.07) is 15.0. The Kier molecular flexibility index (Phi) is 5.79. The SMILES string of the molecule is C=CCOc1ccc(C=Nc2c(C)n(C)n(-c3ccccc3)c2=O)cc1OC. The largest absolute Gasteiger partial charge is 0.493 e. The summed E-state index contributed by atoms with van der Waals surface area (Å²) in [6.07, 6.45) is 3.32. The molecule has 0 atom stereocenters. The molecule has 0 aliphatic carbocycles. The number of rotatable bonds is 7. The van der Waals surface area contributed by atoms with E-state index in [-0.39, 0.29) is 5.56 Å². The average Bonchev–Trinajstić information content (AvgIpc) is 2.94. The maximum atomic E-state index is 12.9. The summed E-state index contributed by atoms with van der Waals surface area (Å²) in [5.74, 6) is 1.22. The first-order valence-electron chi connectivity index (χ1n) is 8.86. The van der Waals surface area contributed by atoms with Crippen molar-refractivity contribution >= 4 is 11.9 Å². The van der Waals surface area contributed by atoms with Gasteiger partial charge in [-0.15, -0.1) is 0 Å². The number of hydrogen-bond donors (Lipinski definition) is 0. The standard InChI is InChI=1S/C22H23N3O3/c1-5-13-28-19-12-11-17(14-20(19)27-4)15-23-21-16(2)24(3)25(22(21)26)18-9-7-6-8-10-18/h5-12,14-15H,1,13H2,2-4H3. The number of para-hydroxylation sites is 1. The third-order valence-electron chi connectivity index (χ3n) is 4.41. The minimum absolute atomic E-state index is 0.166. The van der Waals surface area contributed by atoms with Crippen LogP contribution in [0.3, 0.4) is 0 Å². The number of aliphatic imine (C=N–C) groups is 1. The van der Waals surface area contributed by atoms with Gasteiger partial charge in [-0.25, -0.2) is 9.67 Å². The Morgan fingerprint density at radius 3 is 2.57 bits per heavy atom. The molecule has 0 fully saturated rings. The van der Waals surface area contributed by atoms with Gasteiger partial charge in [0, 0.05) is 13.3 Å². The number of aromatic nitrogens is 2. The molecule has 0 aliphatic rings.